The van der Waals surface area contributed by atoms with Gasteiger partial charge in [-0.1, -0.05) is 17.7 Å². The summed E-state index contributed by atoms with van der Waals surface area (Å²) >= 11 is 5.60. The molecule has 0 radical (unpaired) electrons. The topological polar surface area (TPSA) is 64.1 Å². The Morgan fingerprint density at radius 2 is 1.65 bits per heavy atom. The van der Waals surface area contributed by atoms with Crippen LogP contribution in [0.15, 0.2) is 73.1 Å². The average molecular weight is 444 g/mol. The van der Waals surface area contributed by atoms with Crippen molar-refractivity contribution in [3.05, 3.63) is 89.2 Å². The summed E-state index contributed by atoms with van der Waals surface area (Å²) in [6.45, 7) is 0. The van der Waals surface area contributed by atoms with Crippen LogP contribution >= 0.6 is 11.6 Å². The van der Waals surface area contributed by atoms with E-state index in [4.69, 9.17) is 16.3 Å². The zero-order chi connectivity index (χ0) is 22.0. The van der Waals surface area contributed by atoms with Crippen LogP contribution in [0.1, 0.15) is 15.9 Å². The van der Waals surface area contributed by atoms with Gasteiger partial charge in [-0.3, -0.25) is 14.8 Å². The first kappa shape index (κ1) is 20.6. The van der Waals surface area contributed by atoms with E-state index in [1.165, 1.54) is 6.07 Å². The molecule has 0 saturated carbocycles. The minimum Gasteiger partial charge on any atom is -0.457 e. The summed E-state index contributed by atoms with van der Waals surface area (Å²) in [6.07, 6.45) is -1.50. The van der Waals surface area contributed by atoms with E-state index >= 15 is 0 Å². The molecule has 5 nitrogen and oxygen atoms in total. The van der Waals surface area contributed by atoms with E-state index < -0.39 is 22.7 Å². The fraction of sp³-hybridized carbons (Fsp3) is 0.0455. The van der Waals surface area contributed by atoms with Crippen molar-refractivity contribution < 1.29 is 22.7 Å². The maximum Gasteiger partial charge on any atom is 0.417 e. The molecule has 4 aromatic rings. The van der Waals surface area contributed by atoms with Crippen LogP contribution in [-0.2, 0) is 6.18 Å². The van der Waals surface area contributed by atoms with E-state index in [0.717, 1.165) is 11.6 Å². The van der Waals surface area contributed by atoms with Gasteiger partial charge in [0, 0.05) is 35.8 Å². The number of alkyl halides is 3. The Morgan fingerprint density at radius 1 is 0.903 bits per heavy atom. The summed E-state index contributed by atoms with van der Waals surface area (Å²) in [5.41, 5.74) is 0.491. The minimum atomic E-state index is -4.66. The van der Waals surface area contributed by atoms with Crippen molar-refractivity contribution in [1.29, 1.82) is 0 Å². The molecule has 31 heavy (non-hydrogen) atoms. The van der Waals surface area contributed by atoms with E-state index in [9.17, 15) is 18.0 Å². The van der Waals surface area contributed by atoms with E-state index in [1.807, 2.05) is 0 Å². The van der Waals surface area contributed by atoms with Gasteiger partial charge in [0.1, 0.15) is 11.5 Å². The Kier molecular flexibility index (Phi) is 5.48. The van der Waals surface area contributed by atoms with Gasteiger partial charge in [-0.05, 0) is 42.5 Å². The van der Waals surface area contributed by atoms with E-state index in [1.54, 1.807) is 54.9 Å². The summed E-state index contributed by atoms with van der Waals surface area (Å²) in [5.74, 6) is 0.234. The van der Waals surface area contributed by atoms with Gasteiger partial charge in [0.2, 0.25) is 0 Å². The standard InChI is InChI=1S/C22H13ClF3N3O2/c23-18-6-4-13(10-17(18)22(24,25)26)21(30)29-14-2-1-3-15(11-14)31-16-5-7-19-20(12-16)28-9-8-27-19/h1-12H,(H,29,30). The first-order chi connectivity index (χ1) is 14.8. The molecule has 1 heterocycles. The molecule has 0 spiro atoms. The number of ether oxygens (including phenoxy) is 1. The second-order valence-electron chi connectivity index (χ2n) is 6.48. The maximum atomic E-state index is 13.0. The van der Waals surface area contributed by atoms with Crippen molar-refractivity contribution in [2.75, 3.05) is 5.32 Å². The van der Waals surface area contributed by atoms with Gasteiger partial charge >= 0.3 is 6.18 Å². The summed E-state index contributed by atoms with van der Waals surface area (Å²) < 4.78 is 44.9. The van der Waals surface area contributed by atoms with Crippen LogP contribution in [-0.4, -0.2) is 15.9 Å². The number of hydrogen-bond donors (Lipinski definition) is 1. The Balaban J connectivity index is 1.52. The minimum absolute atomic E-state index is 0.170. The van der Waals surface area contributed by atoms with Gasteiger partial charge in [-0.15, -0.1) is 0 Å². The molecule has 1 N–H and O–H groups in total. The van der Waals surface area contributed by atoms with Crippen molar-refractivity contribution in [3.8, 4) is 11.5 Å². The van der Waals surface area contributed by atoms with Crippen LogP contribution < -0.4 is 10.1 Å². The summed E-state index contributed by atoms with van der Waals surface area (Å²) in [4.78, 5) is 20.8. The molecule has 0 aliphatic rings. The molecule has 1 amide bonds. The van der Waals surface area contributed by atoms with Crippen molar-refractivity contribution in [3.63, 3.8) is 0 Å². The van der Waals surface area contributed by atoms with Crippen molar-refractivity contribution in [2.24, 2.45) is 0 Å². The number of nitrogens with zero attached hydrogens (tertiary/aromatic N) is 2. The number of aromatic nitrogens is 2. The smallest absolute Gasteiger partial charge is 0.417 e. The van der Waals surface area contributed by atoms with Gasteiger partial charge in [0.05, 0.1) is 21.6 Å². The molecule has 0 aliphatic heterocycles. The molecule has 0 aliphatic carbocycles. The fourth-order valence-electron chi connectivity index (χ4n) is 2.87. The molecule has 0 fully saturated rings. The normalized spacial score (nSPS) is 11.4. The van der Waals surface area contributed by atoms with Crippen molar-refractivity contribution in [2.45, 2.75) is 6.18 Å². The van der Waals surface area contributed by atoms with Gasteiger partial charge < -0.3 is 10.1 Å². The van der Waals surface area contributed by atoms with Crippen molar-refractivity contribution in [1.82, 2.24) is 9.97 Å². The highest BCUT2D eigenvalue weighted by Crippen LogP contribution is 2.35. The Bertz CT molecular complexity index is 1280. The van der Waals surface area contributed by atoms with E-state index in [0.29, 0.717) is 28.8 Å². The quantitative estimate of drug-likeness (QED) is 0.399. The highest BCUT2D eigenvalue weighted by Gasteiger charge is 2.33. The molecular weight excluding hydrogens is 431 g/mol. The van der Waals surface area contributed by atoms with Gasteiger partial charge in [-0.25, -0.2) is 0 Å². The van der Waals surface area contributed by atoms with Crippen molar-refractivity contribution >= 4 is 34.2 Å². The molecule has 4 rings (SSSR count). The van der Waals surface area contributed by atoms with Crippen LogP contribution in [0.25, 0.3) is 11.0 Å². The number of hydrogen-bond acceptors (Lipinski definition) is 4. The van der Waals surface area contributed by atoms with E-state index in [2.05, 4.69) is 15.3 Å². The molecule has 0 unspecified atom stereocenters. The molecular formula is C22H13ClF3N3O2. The SMILES string of the molecule is O=C(Nc1cccc(Oc2ccc3nccnc3c2)c1)c1ccc(Cl)c(C(F)(F)F)c1. The van der Waals surface area contributed by atoms with E-state index in [-0.39, 0.29) is 5.56 Å². The Morgan fingerprint density at radius 3 is 2.42 bits per heavy atom. The van der Waals surface area contributed by atoms with Crippen LogP contribution in [0, 0.1) is 0 Å². The van der Waals surface area contributed by atoms with Crippen LogP contribution in [0.2, 0.25) is 5.02 Å². The number of benzene rings is 3. The lowest BCUT2D eigenvalue weighted by Crippen LogP contribution is -2.14. The predicted octanol–water partition coefficient (Wildman–Crippen LogP) is 6.35. The molecule has 0 bridgehead atoms. The third kappa shape index (κ3) is 4.75. The zero-order valence-electron chi connectivity index (χ0n) is 15.7. The summed E-state index contributed by atoms with van der Waals surface area (Å²) in [7, 11) is 0. The number of carbonyl (C=O) groups is 1. The van der Waals surface area contributed by atoms with Crippen LogP contribution in [0.4, 0.5) is 18.9 Å². The number of halogens is 4. The number of rotatable bonds is 4. The third-order valence-electron chi connectivity index (χ3n) is 4.30. The summed E-state index contributed by atoms with van der Waals surface area (Å²) in [6, 6.07) is 14.7. The highest BCUT2D eigenvalue weighted by molar-refractivity contribution is 6.31. The lowest BCUT2D eigenvalue weighted by atomic mass is 10.1. The number of carbonyl (C=O) groups excluding carboxylic acids is 1. The number of fused-ring (bicyclic) bond motifs is 1. The number of anilines is 1. The first-order valence-corrected chi connectivity index (χ1v) is 9.34. The molecule has 9 heteroatoms. The lowest BCUT2D eigenvalue weighted by Gasteiger charge is -2.12. The summed E-state index contributed by atoms with van der Waals surface area (Å²) in [5, 5.41) is 2.09. The molecule has 0 atom stereocenters. The number of amides is 1. The zero-order valence-corrected chi connectivity index (χ0v) is 16.4. The van der Waals surface area contributed by atoms with Gasteiger partial charge in [0.15, 0.2) is 0 Å². The lowest BCUT2D eigenvalue weighted by molar-refractivity contribution is -0.137. The first-order valence-electron chi connectivity index (χ1n) is 8.96. The molecule has 0 saturated heterocycles. The van der Waals surface area contributed by atoms with Crippen LogP contribution in [0.5, 0.6) is 11.5 Å². The predicted molar refractivity (Wildman–Crippen MR) is 110 cm³/mol. The maximum absolute atomic E-state index is 13.0. The molecule has 3 aromatic carbocycles. The fourth-order valence-corrected chi connectivity index (χ4v) is 3.09. The second-order valence-corrected chi connectivity index (χ2v) is 6.89. The van der Waals surface area contributed by atoms with Gasteiger partial charge in [-0.2, -0.15) is 13.2 Å². The molecule has 1 aromatic heterocycles. The monoisotopic (exact) mass is 443 g/mol. The second kappa shape index (κ2) is 8.23. The number of nitrogens with one attached hydrogen (secondary N) is 1. The Hall–Kier alpha value is -3.65. The Labute approximate surface area is 179 Å². The highest BCUT2D eigenvalue weighted by atomic mass is 35.5. The third-order valence-corrected chi connectivity index (χ3v) is 4.63. The average Bonchev–Trinajstić information content (AvgIpc) is 2.73. The van der Waals surface area contributed by atoms with Gasteiger partial charge in [0.25, 0.3) is 5.91 Å². The largest absolute Gasteiger partial charge is 0.457 e. The van der Waals surface area contributed by atoms with Crippen LogP contribution in [0.3, 0.4) is 0 Å². The molecule has 156 valence electrons.